The van der Waals surface area contributed by atoms with Gasteiger partial charge in [0.15, 0.2) is 0 Å². The highest BCUT2D eigenvalue weighted by atomic mass is 16.5. The molecule has 4 nitrogen and oxygen atoms in total. The Morgan fingerprint density at radius 2 is 1.93 bits per heavy atom. The Hall–Kier alpha value is -1.84. The van der Waals surface area contributed by atoms with Crippen LogP contribution in [-0.2, 0) is 14.1 Å². The first-order chi connectivity index (χ1) is 7.20. The van der Waals surface area contributed by atoms with Gasteiger partial charge in [-0.1, -0.05) is 0 Å². The van der Waals surface area contributed by atoms with E-state index in [1.165, 1.54) is 0 Å². The van der Waals surface area contributed by atoms with Crippen molar-refractivity contribution in [3.63, 3.8) is 0 Å². The molecule has 2 rings (SSSR count). The second-order valence-electron chi connectivity index (χ2n) is 3.45. The van der Waals surface area contributed by atoms with Gasteiger partial charge in [-0.05, 0) is 24.3 Å². The molecule has 1 aromatic heterocycles. The second-order valence-corrected chi connectivity index (χ2v) is 3.45. The van der Waals surface area contributed by atoms with Gasteiger partial charge in [0, 0.05) is 5.10 Å². The molecule has 0 bridgehead atoms. The van der Waals surface area contributed by atoms with E-state index in [0.717, 1.165) is 17.1 Å². The summed E-state index contributed by atoms with van der Waals surface area (Å²) in [5, 5.41) is 4.37. The van der Waals surface area contributed by atoms with Gasteiger partial charge < -0.3 is 4.74 Å². The normalized spacial score (nSPS) is 10.3. The SMILES string of the molecule is COc1ccc(-c2nn(C)c[n+]2C)cc1. The maximum absolute atomic E-state index is 5.11. The molecule has 0 aliphatic carbocycles. The van der Waals surface area contributed by atoms with Gasteiger partial charge in [0.2, 0.25) is 6.33 Å². The fraction of sp³-hybridized carbons (Fsp3) is 0.273. The summed E-state index contributed by atoms with van der Waals surface area (Å²) in [7, 11) is 5.55. The highest BCUT2D eigenvalue weighted by molar-refractivity contribution is 5.53. The van der Waals surface area contributed by atoms with Crippen LogP contribution in [0.25, 0.3) is 11.4 Å². The number of hydrogen-bond acceptors (Lipinski definition) is 2. The van der Waals surface area contributed by atoms with Crippen molar-refractivity contribution >= 4 is 0 Å². The van der Waals surface area contributed by atoms with E-state index < -0.39 is 0 Å². The molecule has 1 aromatic carbocycles. The number of methoxy groups -OCH3 is 1. The van der Waals surface area contributed by atoms with E-state index >= 15 is 0 Å². The van der Waals surface area contributed by atoms with Crippen molar-refractivity contribution in [1.29, 1.82) is 0 Å². The minimum atomic E-state index is 0.859. The summed E-state index contributed by atoms with van der Waals surface area (Å²) in [6.07, 6.45) is 1.93. The third-order valence-electron chi connectivity index (χ3n) is 2.28. The molecule has 1 heterocycles. The first-order valence-corrected chi connectivity index (χ1v) is 4.74. The molecule has 4 heteroatoms. The van der Waals surface area contributed by atoms with Crippen LogP contribution in [0, 0.1) is 0 Å². The van der Waals surface area contributed by atoms with Gasteiger partial charge in [-0.15, -0.1) is 4.68 Å². The van der Waals surface area contributed by atoms with Gasteiger partial charge in [0.25, 0.3) is 0 Å². The van der Waals surface area contributed by atoms with Gasteiger partial charge in [-0.3, -0.25) is 0 Å². The molecule has 0 atom stereocenters. The van der Waals surface area contributed by atoms with Crippen molar-refractivity contribution < 1.29 is 9.30 Å². The molecule has 0 radical (unpaired) electrons. The number of ether oxygens (including phenoxy) is 1. The summed E-state index contributed by atoms with van der Waals surface area (Å²) < 4.78 is 8.89. The topological polar surface area (TPSA) is 30.9 Å². The van der Waals surface area contributed by atoms with Crippen LogP contribution in [0.5, 0.6) is 5.75 Å². The maximum atomic E-state index is 5.11. The lowest BCUT2D eigenvalue weighted by Gasteiger charge is -1.98. The summed E-state index contributed by atoms with van der Waals surface area (Å²) in [6, 6.07) is 7.87. The predicted molar refractivity (Wildman–Crippen MR) is 56.4 cm³/mol. The summed E-state index contributed by atoms with van der Waals surface area (Å²) in [6.45, 7) is 0. The number of nitrogens with zero attached hydrogens (tertiary/aromatic N) is 3. The van der Waals surface area contributed by atoms with Crippen LogP contribution in [0.4, 0.5) is 0 Å². The molecular weight excluding hydrogens is 190 g/mol. The monoisotopic (exact) mass is 204 g/mol. The molecule has 0 unspecified atom stereocenters. The molecule has 78 valence electrons. The van der Waals surface area contributed by atoms with E-state index in [1.807, 2.05) is 49.3 Å². The minimum Gasteiger partial charge on any atom is -0.497 e. The quantitative estimate of drug-likeness (QED) is 0.681. The Morgan fingerprint density at radius 1 is 1.27 bits per heavy atom. The summed E-state index contributed by atoms with van der Waals surface area (Å²) in [5.41, 5.74) is 1.08. The predicted octanol–water partition coefficient (Wildman–Crippen LogP) is 0.920. The van der Waals surface area contributed by atoms with Crippen molar-refractivity contribution in [2.24, 2.45) is 14.1 Å². The average molecular weight is 204 g/mol. The molecule has 2 aromatic rings. The lowest BCUT2D eigenvalue weighted by Crippen LogP contribution is -2.27. The van der Waals surface area contributed by atoms with Gasteiger partial charge in [0.1, 0.15) is 5.75 Å². The molecule has 0 saturated heterocycles. The van der Waals surface area contributed by atoms with Crippen LogP contribution in [0.2, 0.25) is 0 Å². The Labute approximate surface area is 88.7 Å². The van der Waals surface area contributed by atoms with E-state index in [1.54, 1.807) is 11.8 Å². The first-order valence-electron chi connectivity index (χ1n) is 4.74. The van der Waals surface area contributed by atoms with E-state index in [0.29, 0.717) is 0 Å². The molecule has 0 fully saturated rings. The maximum Gasteiger partial charge on any atom is 0.308 e. The Bertz CT molecular complexity index is 459. The van der Waals surface area contributed by atoms with Crippen molar-refractivity contribution in [3.8, 4) is 17.1 Å². The Kier molecular flexibility index (Phi) is 2.41. The Morgan fingerprint density at radius 3 is 2.40 bits per heavy atom. The van der Waals surface area contributed by atoms with Crippen LogP contribution in [0.1, 0.15) is 0 Å². The summed E-state index contributed by atoms with van der Waals surface area (Å²) in [4.78, 5) is 0. The summed E-state index contributed by atoms with van der Waals surface area (Å²) >= 11 is 0. The second kappa shape index (κ2) is 3.73. The lowest BCUT2D eigenvalue weighted by molar-refractivity contribution is -0.661. The van der Waals surface area contributed by atoms with Gasteiger partial charge in [-0.25, -0.2) is 4.57 Å². The number of aromatic nitrogens is 3. The standard InChI is InChI=1S/C11H14N3O/c1-13-8-14(2)12-11(13)9-4-6-10(15-3)7-5-9/h4-8H,1-3H3/q+1. The smallest absolute Gasteiger partial charge is 0.308 e. The molecule has 0 aliphatic rings. The highest BCUT2D eigenvalue weighted by Crippen LogP contribution is 2.17. The number of rotatable bonds is 2. The third kappa shape index (κ3) is 1.83. The zero-order chi connectivity index (χ0) is 10.8. The molecule has 0 spiro atoms. The molecule has 0 N–H and O–H groups in total. The third-order valence-corrected chi connectivity index (χ3v) is 2.28. The average Bonchev–Trinajstić information content (AvgIpc) is 2.58. The van der Waals surface area contributed by atoms with Gasteiger partial charge in [0.05, 0.1) is 26.8 Å². The van der Waals surface area contributed by atoms with Crippen LogP contribution in [0.3, 0.4) is 0 Å². The molecule has 0 saturated carbocycles. The van der Waals surface area contributed by atoms with Crippen LogP contribution >= 0.6 is 0 Å². The fourth-order valence-corrected chi connectivity index (χ4v) is 1.55. The molecular formula is C11H14N3O+. The van der Waals surface area contributed by atoms with E-state index in [9.17, 15) is 0 Å². The van der Waals surface area contributed by atoms with Gasteiger partial charge >= 0.3 is 5.82 Å². The highest BCUT2D eigenvalue weighted by Gasteiger charge is 2.13. The van der Waals surface area contributed by atoms with Gasteiger partial charge in [-0.2, -0.15) is 0 Å². The zero-order valence-electron chi connectivity index (χ0n) is 9.14. The van der Waals surface area contributed by atoms with E-state index in [4.69, 9.17) is 4.74 Å². The molecule has 15 heavy (non-hydrogen) atoms. The van der Waals surface area contributed by atoms with Crippen molar-refractivity contribution in [2.45, 2.75) is 0 Å². The van der Waals surface area contributed by atoms with Crippen LogP contribution in [0.15, 0.2) is 30.6 Å². The Balaban J connectivity index is 2.41. The number of hydrogen-bond donors (Lipinski definition) is 0. The fourth-order valence-electron chi connectivity index (χ4n) is 1.55. The van der Waals surface area contributed by atoms with Crippen molar-refractivity contribution in [1.82, 2.24) is 9.78 Å². The van der Waals surface area contributed by atoms with Crippen LogP contribution < -0.4 is 9.30 Å². The number of aryl methyl sites for hydroxylation is 2. The van der Waals surface area contributed by atoms with Crippen LogP contribution in [-0.4, -0.2) is 16.9 Å². The number of benzene rings is 1. The van der Waals surface area contributed by atoms with E-state index in [2.05, 4.69) is 5.10 Å². The molecule has 0 aliphatic heterocycles. The largest absolute Gasteiger partial charge is 0.497 e. The van der Waals surface area contributed by atoms with Crippen molar-refractivity contribution in [2.75, 3.05) is 7.11 Å². The molecule has 0 amide bonds. The summed E-state index contributed by atoms with van der Waals surface area (Å²) in [5.74, 6) is 1.80. The van der Waals surface area contributed by atoms with Crippen molar-refractivity contribution in [3.05, 3.63) is 30.6 Å². The zero-order valence-corrected chi connectivity index (χ0v) is 9.14. The first kappa shape index (κ1) is 9.71. The van der Waals surface area contributed by atoms with E-state index in [-0.39, 0.29) is 0 Å². The lowest BCUT2D eigenvalue weighted by atomic mass is 10.2. The minimum absolute atomic E-state index is 0.859.